The van der Waals surface area contributed by atoms with Gasteiger partial charge in [-0.05, 0) is 37.3 Å². The van der Waals surface area contributed by atoms with E-state index in [0.717, 1.165) is 5.56 Å². The second-order valence-corrected chi connectivity index (χ2v) is 8.33. The molecule has 0 saturated carbocycles. The van der Waals surface area contributed by atoms with Crippen LogP contribution in [0, 0.1) is 6.92 Å². The van der Waals surface area contributed by atoms with E-state index < -0.39 is 57.1 Å². The summed E-state index contributed by atoms with van der Waals surface area (Å²) < 4.78 is 101. The summed E-state index contributed by atoms with van der Waals surface area (Å²) in [6.45, 7) is 1.74. The molecule has 2 aromatic rings. The molecule has 0 aliphatic rings. The van der Waals surface area contributed by atoms with Crippen LogP contribution in [0.25, 0.3) is 0 Å². The number of rotatable bonds is 5. The number of anilines is 1. The van der Waals surface area contributed by atoms with Gasteiger partial charge in [0.05, 0.1) is 21.8 Å². The van der Waals surface area contributed by atoms with Crippen LogP contribution in [-0.2, 0) is 27.0 Å². The Morgan fingerprint density at radius 1 is 0.897 bits per heavy atom. The summed E-state index contributed by atoms with van der Waals surface area (Å²) in [4.78, 5) is 11.9. The van der Waals surface area contributed by atoms with Gasteiger partial charge in [0.2, 0.25) is 5.91 Å². The molecule has 0 aromatic heterocycles. The van der Waals surface area contributed by atoms with Crippen LogP contribution in [0.2, 0.25) is 0 Å². The fourth-order valence-corrected chi connectivity index (χ4v) is 3.58. The van der Waals surface area contributed by atoms with Crippen LogP contribution in [0.4, 0.5) is 32.0 Å². The molecule has 1 amide bonds. The molecule has 158 valence electrons. The Balaban J connectivity index is 2.17. The smallest absolute Gasteiger partial charge is 0.326 e. The summed E-state index contributed by atoms with van der Waals surface area (Å²) in [6, 6.07) is 6.40. The summed E-state index contributed by atoms with van der Waals surface area (Å²) in [5, 5.41) is 1.90. The van der Waals surface area contributed by atoms with Crippen molar-refractivity contribution in [3.63, 3.8) is 0 Å². The van der Waals surface area contributed by atoms with Crippen LogP contribution < -0.4 is 5.32 Å². The van der Waals surface area contributed by atoms with E-state index in [1.165, 1.54) is 12.1 Å². The predicted molar refractivity (Wildman–Crippen MR) is 92.9 cm³/mol. The van der Waals surface area contributed by atoms with Gasteiger partial charge < -0.3 is 5.32 Å². The number of sulfone groups is 1. The Hall–Kier alpha value is -2.56. The lowest BCUT2D eigenvalue weighted by atomic mass is 10.1. The van der Waals surface area contributed by atoms with Crippen LogP contribution >= 0.6 is 0 Å². The van der Waals surface area contributed by atoms with Gasteiger partial charge in [-0.2, -0.15) is 26.3 Å². The zero-order valence-electron chi connectivity index (χ0n) is 14.9. The minimum atomic E-state index is -5.06. The standard InChI is InChI=1S/C18H15F6NO3S/c1-11-2-4-15(5-3-11)29(27,28)7-6-16(26)25-14-9-12(17(19,20)21)8-13(10-14)18(22,23)24/h2-5,8-10H,6-7H2,1H3,(H,25,26). The third kappa shape index (κ3) is 6.21. The molecule has 0 aliphatic heterocycles. The molecule has 4 nitrogen and oxygen atoms in total. The van der Waals surface area contributed by atoms with Crippen molar-refractivity contribution < 1.29 is 39.6 Å². The van der Waals surface area contributed by atoms with Crippen molar-refractivity contribution in [3.8, 4) is 0 Å². The highest BCUT2D eigenvalue weighted by atomic mass is 32.2. The van der Waals surface area contributed by atoms with Gasteiger partial charge in [-0.15, -0.1) is 0 Å². The van der Waals surface area contributed by atoms with Gasteiger partial charge in [-0.25, -0.2) is 8.42 Å². The van der Waals surface area contributed by atoms with E-state index in [-0.39, 0.29) is 11.0 Å². The molecule has 0 spiro atoms. The number of aryl methyl sites for hydroxylation is 1. The largest absolute Gasteiger partial charge is 0.416 e. The molecule has 0 unspecified atom stereocenters. The lowest BCUT2D eigenvalue weighted by Gasteiger charge is -2.14. The van der Waals surface area contributed by atoms with Crippen molar-refractivity contribution >= 4 is 21.4 Å². The quantitative estimate of drug-likeness (QED) is 0.679. The molecule has 0 aliphatic carbocycles. The number of hydrogen-bond donors (Lipinski definition) is 1. The summed E-state index contributed by atoms with van der Waals surface area (Å²) in [6.07, 6.45) is -10.8. The highest BCUT2D eigenvalue weighted by Gasteiger charge is 2.37. The van der Waals surface area contributed by atoms with Crippen LogP contribution in [-0.4, -0.2) is 20.1 Å². The molecule has 2 aromatic carbocycles. The molecular weight excluding hydrogens is 424 g/mol. The van der Waals surface area contributed by atoms with E-state index in [0.29, 0.717) is 12.1 Å². The summed E-state index contributed by atoms with van der Waals surface area (Å²) in [5.41, 5.74) is -3.10. The maximum Gasteiger partial charge on any atom is 0.416 e. The second kappa shape index (κ2) is 8.05. The number of benzene rings is 2. The number of nitrogens with one attached hydrogen (secondary N) is 1. The van der Waals surface area contributed by atoms with Crippen molar-refractivity contribution in [2.75, 3.05) is 11.1 Å². The van der Waals surface area contributed by atoms with Crippen molar-refractivity contribution in [2.45, 2.75) is 30.6 Å². The van der Waals surface area contributed by atoms with Gasteiger partial charge >= 0.3 is 12.4 Å². The fraction of sp³-hybridized carbons (Fsp3) is 0.278. The summed E-state index contributed by atoms with van der Waals surface area (Å²) >= 11 is 0. The Bertz CT molecular complexity index is 963. The molecule has 0 radical (unpaired) electrons. The Labute approximate surface area is 162 Å². The van der Waals surface area contributed by atoms with E-state index in [9.17, 15) is 39.6 Å². The molecule has 1 N–H and O–H groups in total. The van der Waals surface area contributed by atoms with Gasteiger partial charge in [0.1, 0.15) is 0 Å². The first-order valence-corrected chi connectivity index (χ1v) is 9.72. The SMILES string of the molecule is Cc1ccc(S(=O)(=O)CCC(=O)Nc2cc(C(F)(F)F)cc(C(F)(F)F)c2)cc1. The van der Waals surface area contributed by atoms with Crippen LogP contribution in [0.3, 0.4) is 0 Å². The number of hydrogen-bond acceptors (Lipinski definition) is 3. The Morgan fingerprint density at radius 2 is 1.38 bits per heavy atom. The minimum absolute atomic E-state index is 0.0469. The molecule has 2 rings (SSSR count). The third-order valence-corrected chi connectivity index (χ3v) is 5.58. The summed E-state index contributed by atoms with van der Waals surface area (Å²) in [7, 11) is -3.85. The van der Waals surface area contributed by atoms with Crippen LogP contribution in [0.5, 0.6) is 0 Å². The van der Waals surface area contributed by atoms with Gasteiger partial charge in [-0.1, -0.05) is 17.7 Å². The minimum Gasteiger partial charge on any atom is -0.326 e. The van der Waals surface area contributed by atoms with Crippen LogP contribution in [0.1, 0.15) is 23.1 Å². The maximum atomic E-state index is 12.8. The first-order valence-electron chi connectivity index (χ1n) is 8.07. The van der Waals surface area contributed by atoms with E-state index >= 15 is 0 Å². The lowest BCUT2D eigenvalue weighted by Crippen LogP contribution is -2.19. The highest BCUT2D eigenvalue weighted by Crippen LogP contribution is 2.37. The van der Waals surface area contributed by atoms with Crippen molar-refractivity contribution in [3.05, 3.63) is 59.2 Å². The molecule has 0 bridgehead atoms. The van der Waals surface area contributed by atoms with Gasteiger partial charge in [0, 0.05) is 12.1 Å². The van der Waals surface area contributed by atoms with Crippen LogP contribution in [0.15, 0.2) is 47.4 Å². The number of carbonyl (C=O) groups excluding carboxylic acids is 1. The molecule has 11 heteroatoms. The van der Waals surface area contributed by atoms with E-state index in [2.05, 4.69) is 0 Å². The van der Waals surface area contributed by atoms with Crippen molar-refractivity contribution in [1.29, 1.82) is 0 Å². The zero-order valence-corrected chi connectivity index (χ0v) is 15.7. The third-order valence-electron chi connectivity index (χ3n) is 3.85. The lowest BCUT2D eigenvalue weighted by molar-refractivity contribution is -0.143. The van der Waals surface area contributed by atoms with E-state index in [1.54, 1.807) is 19.1 Å². The second-order valence-electron chi connectivity index (χ2n) is 6.22. The van der Waals surface area contributed by atoms with Gasteiger partial charge in [-0.3, -0.25) is 4.79 Å². The monoisotopic (exact) mass is 439 g/mol. The van der Waals surface area contributed by atoms with E-state index in [4.69, 9.17) is 0 Å². The average Bonchev–Trinajstić information content (AvgIpc) is 2.59. The number of halogens is 6. The topological polar surface area (TPSA) is 63.2 Å². The molecule has 0 atom stereocenters. The Morgan fingerprint density at radius 3 is 1.83 bits per heavy atom. The summed E-state index contributed by atoms with van der Waals surface area (Å²) in [5.74, 6) is -1.69. The predicted octanol–water partition coefficient (Wildman–Crippen LogP) is 4.84. The molecule has 0 heterocycles. The number of carbonyl (C=O) groups is 1. The fourth-order valence-electron chi connectivity index (χ4n) is 2.34. The van der Waals surface area contributed by atoms with Gasteiger partial charge in [0.15, 0.2) is 9.84 Å². The van der Waals surface area contributed by atoms with E-state index in [1.807, 2.05) is 5.32 Å². The molecule has 0 fully saturated rings. The zero-order chi connectivity index (χ0) is 22.0. The van der Waals surface area contributed by atoms with Crippen molar-refractivity contribution in [2.24, 2.45) is 0 Å². The average molecular weight is 439 g/mol. The van der Waals surface area contributed by atoms with Gasteiger partial charge in [0.25, 0.3) is 0 Å². The first kappa shape index (κ1) is 22.7. The molecular formula is C18H15F6NO3S. The highest BCUT2D eigenvalue weighted by molar-refractivity contribution is 7.91. The number of alkyl halides is 6. The van der Waals surface area contributed by atoms with Crippen molar-refractivity contribution in [1.82, 2.24) is 0 Å². The number of amides is 1. The normalized spacial score (nSPS) is 12.7. The molecule has 0 saturated heterocycles. The Kier molecular flexibility index (Phi) is 6.31. The first-order chi connectivity index (χ1) is 13.2. The molecule has 29 heavy (non-hydrogen) atoms. The maximum absolute atomic E-state index is 12.8.